The quantitative estimate of drug-likeness (QED) is 0.578. The van der Waals surface area contributed by atoms with Crippen molar-refractivity contribution in [2.24, 2.45) is 0 Å². The van der Waals surface area contributed by atoms with E-state index in [1.807, 2.05) is 41.0 Å². The smallest absolute Gasteiger partial charge is 0.343 e. The Morgan fingerprint density at radius 2 is 2.00 bits per heavy atom. The molecule has 0 spiro atoms. The molecule has 1 aromatic heterocycles. The Labute approximate surface area is 158 Å². The van der Waals surface area contributed by atoms with E-state index in [1.54, 1.807) is 19.2 Å². The Hall–Kier alpha value is -2.11. The van der Waals surface area contributed by atoms with Crippen LogP contribution in [0.3, 0.4) is 0 Å². The molecule has 0 radical (unpaired) electrons. The maximum atomic E-state index is 12.7. The average Bonchev–Trinajstić information content (AvgIpc) is 2.59. The molecule has 0 fully saturated rings. The second-order valence-corrected chi connectivity index (χ2v) is 6.80. The van der Waals surface area contributed by atoms with Gasteiger partial charge in [0.05, 0.1) is 12.1 Å². The largest absolute Gasteiger partial charge is 0.462 e. The summed E-state index contributed by atoms with van der Waals surface area (Å²) in [6.45, 7) is 2.35. The van der Waals surface area contributed by atoms with Crippen molar-refractivity contribution in [2.45, 2.75) is 13.5 Å². The van der Waals surface area contributed by atoms with Gasteiger partial charge in [0.25, 0.3) is 0 Å². The van der Waals surface area contributed by atoms with Gasteiger partial charge in [0, 0.05) is 27.6 Å². The molecular weight excluding hydrogens is 406 g/mol. The zero-order valence-electron chi connectivity index (χ0n) is 13.5. The lowest BCUT2D eigenvalue weighted by Crippen LogP contribution is -2.21. The maximum absolute atomic E-state index is 12.7. The van der Waals surface area contributed by atoms with Crippen LogP contribution in [0.2, 0.25) is 5.02 Å². The van der Waals surface area contributed by atoms with E-state index in [4.69, 9.17) is 16.3 Å². The van der Waals surface area contributed by atoms with Gasteiger partial charge in [-0.1, -0.05) is 45.7 Å². The number of pyridine rings is 1. The summed E-state index contributed by atoms with van der Waals surface area (Å²) in [4.78, 5) is 24.9. The highest BCUT2D eigenvalue weighted by Gasteiger charge is 2.17. The van der Waals surface area contributed by atoms with E-state index in [-0.39, 0.29) is 17.6 Å². The highest BCUT2D eigenvalue weighted by molar-refractivity contribution is 9.10. The number of nitrogens with zero attached hydrogens (tertiary/aromatic N) is 1. The van der Waals surface area contributed by atoms with Gasteiger partial charge in [-0.15, -0.1) is 0 Å². The third kappa shape index (κ3) is 3.62. The summed E-state index contributed by atoms with van der Waals surface area (Å²) in [5.74, 6) is -0.623. The molecule has 0 aliphatic rings. The lowest BCUT2D eigenvalue weighted by atomic mass is 10.1. The fourth-order valence-corrected chi connectivity index (χ4v) is 3.22. The molecule has 0 bridgehead atoms. The number of rotatable bonds is 4. The summed E-state index contributed by atoms with van der Waals surface area (Å²) >= 11 is 9.64. The number of carbonyl (C=O) groups excluding carboxylic acids is 1. The van der Waals surface area contributed by atoms with Crippen molar-refractivity contribution in [3.8, 4) is 0 Å². The molecule has 3 rings (SSSR count). The van der Waals surface area contributed by atoms with Crippen LogP contribution in [0.5, 0.6) is 0 Å². The van der Waals surface area contributed by atoms with Crippen molar-refractivity contribution in [1.82, 2.24) is 4.57 Å². The molecule has 25 heavy (non-hydrogen) atoms. The highest BCUT2D eigenvalue weighted by Crippen LogP contribution is 2.22. The lowest BCUT2D eigenvalue weighted by Gasteiger charge is -2.14. The minimum atomic E-state index is -0.623. The van der Waals surface area contributed by atoms with Gasteiger partial charge in [-0.25, -0.2) is 4.79 Å². The van der Waals surface area contributed by atoms with Gasteiger partial charge in [0.1, 0.15) is 5.56 Å². The molecule has 0 aliphatic carbocycles. The van der Waals surface area contributed by atoms with Crippen LogP contribution >= 0.6 is 27.5 Å². The van der Waals surface area contributed by atoms with Gasteiger partial charge in [-0.2, -0.15) is 0 Å². The van der Waals surface area contributed by atoms with Crippen molar-refractivity contribution < 1.29 is 9.53 Å². The number of ether oxygens (including phenoxy) is 1. The van der Waals surface area contributed by atoms with E-state index in [0.29, 0.717) is 17.0 Å². The van der Waals surface area contributed by atoms with Gasteiger partial charge in [-0.05, 0) is 36.8 Å². The molecule has 1 heterocycles. The first-order chi connectivity index (χ1) is 12.0. The minimum Gasteiger partial charge on any atom is -0.462 e. The molecular formula is C19H15BrClNO3. The number of carbonyl (C=O) groups is 1. The number of fused-ring (bicyclic) bond motifs is 1. The molecule has 0 atom stereocenters. The second kappa shape index (κ2) is 7.42. The number of hydrogen-bond donors (Lipinski definition) is 0. The number of halogens is 2. The molecule has 3 aromatic rings. The fourth-order valence-electron chi connectivity index (χ4n) is 2.66. The fraction of sp³-hybridized carbons (Fsp3) is 0.158. The summed E-state index contributed by atoms with van der Waals surface area (Å²) in [7, 11) is 0. The Bertz CT molecular complexity index is 1010. The van der Waals surface area contributed by atoms with E-state index in [1.165, 1.54) is 0 Å². The Kier molecular flexibility index (Phi) is 5.25. The number of benzene rings is 2. The van der Waals surface area contributed by atoms with E-state index in [2.05, 4.69) is 15.9 Å². The molecule has 2 aromatic carbocycles. The number of aromatic nitrogens is 1. The van der Waals surface area contributed by atoms with Crippen LogP contribution in [0.1, 0.15) is 22.8 Å². The molecule has 0 unspecified atom stereocenters. The van der Waals surface area contributed by atoms with Crippen LogP contribution in [-0.4, -0.2) is 17.1 Å². The third-order valence-corrected chi connectivity index (χ3v) is 4.70. The van der Waals surface area contributed by atoms with Crippen LogP contribution in [-0.2, 0) is 11.3 Å². The van der Waals surface area contributed by atoms with Crippen LogP contribution in [0.15, 0.2) is 57.9 Å². The SMILES string of the molecule is CCOC(=O)c1cn(Cc2ccccc2Cl)c2ccc(Br)cc2c1=O. The van der Waals surface area contributed by atoms with Crippen molar-refractivity contribution in [3.05, 3.63) is 79.5 Å². The molecule has 0 amide bonds. The Morgan fingerprint density at radius 3 is 2.72 bits per heavy atom. The summed E-state index contributed by atoms with van der Waals surface area (Å²) in [6.07, 6.45) is 1.54. The minimum absolute atomic E-state index is 0.0134. The van der Waals surface area contributed by atoms with Crippen LogP contribution in [0.25, 0.3) is 10.9 Å². The predicted molar refractivity (Wildman–Crippen MR) is 102 cm³/mol. The van der Waals surface area contributed by atoms with Gasteiger partial charge in [0.15, 0.2) is 0 Å². The van der Waals surface area contributed by atoms with E-state index in [0.717, 1.165) is 15.6 Å². The van der Waals surface area contributed by atoms with Gasteiger partial charge < -0.3 is 9.30 Å². The van der Waals surface area contributed by atoms with E-state index in [9.17, 15) is 9.59 Å². The summed E-state index contributed by atoms with van der Waals surface area (Å²) in [6, 6.07) is 12.9. The number of esters is 1. The lowest BCUT2D eigenvalue weighted by molar-refractivity contribution is 0.0524. The Morgan fingerprint density at radius 1 is 1.24 bits per heavy atom. The van der Waals surface area contributed by atoms with Gasteiger partial charge in [0.2, 0.25) is 5.43 Å². The zero-order chi connectivity index (χ0) is 18.0. The normalized spacial score (nSPS) is 10.8. The summed E-state index contributed by atoms with van der Waals surface area (Å²) in [5, 5.41) is 1.08. The molecule has 0 saturated heterocycles. The molecule has 6 heteroatoms. The summed E-state index contributed by atoms with van der Waals surface area (Å²) in [5.41, 5.74) is 1.29. The Balaban J connectivity index is 2.23. The predicted octanol–water partition coefficient (Wildman–Crippen LogP) is 4.64. The van der Waals surface area contributed by atoms with Gasteiger partial charge >= 0.3 is 5.97 Å². The molecule has 0 saturated carbocycles. The second-order valence-electron chi connectivity index (χ2n) is 5.47. The molecule has 128 valence electrons. The first-order valence-corrected chi connectivity index (χ1v) is 8.91. The summed E-state index contributed by atoms with van der Waals surface area (Å²) < 4.78 is 7.64. The topological polar surface area (TPSA) is 48.3 Å². The van der Waals surface area contributed by atoms with Gasteiger partial charge in [-0.3, -0.25) is 4.79 Å². The standard InChI is InChI=1S/C19H15BrClNO3/c1-2-25-19(24)15-11-22(10-12-5-3-4-6-16(12)21)17-8-7-13(20)9-14(17)18(15)23/h3-9,11H,2,10H2,1H3. The maximum Gasteiger partial charge on any atom is 0.343 e. The molecule has 0 N–H and O–H groups in total. The van der Waals surface area contributed by atoms with Crippen molar-refractivity contribution in [2.75, 3.05) is 6.61 Å². The first-order valence-electron chi connectivity index (χ1n) is 7.74. The molecule has 0 aliphatic heterocycles. The highest BCUT2D eigenvalue weighted by atomic mass is 79.9. The van der Waals surface area contributed by atoms with Crippen LogP contribution in [0.4, 0.5) is 0 Å². The van der Waals surface area contributed by atoms with Crippen LogP contribution in [0, 0.1) is 0 Å². The van der Waals surface area contributed by atoms with Crippen molar-refractivity contribution in [1.29, 1.82) is 0 Å². The first kappa shape index (κ1) is 17.7. The number of hydrogen-bond acceptors (Lipinski definition) is 3. The van der Waals surface area contributed by atoms with Crippen molar-refractivity contribution >= 4 is 44.4 Å². The van der Waals surface area contributed by atoms with E-state index < -0.39 is 5.97 Å². The van der Waals surface area contributed by atoms with Crippen LogP contribution < -0.4 is 5.43 Å². The monoisotopic (exact) mass is 419 g/mol. The van der Waals surface area contributed by atoms with E-state index >= 15 is 0 Å². The van der Waals surface area contributed by atoms with Crippen molar-refractivity contribution in [3.63, 3.8) is 0 Å². The molecule has 4 nitrogen and oxygen atoms in total. The third-order valence-electron chi connectivity index (χ3n) is 3.84. The average molecular weight is 421 g/mol. The zero-order valence-corrected chi connectivity index (χ0v) is 15.8.